The minimum atomic E-state index is 0.299. The first-order valence-corrected chi connectivity index (χ1v) is 13.0. The molecule has 1 aromatic carbocycles. The average Bonchev–Trinajstić information content (AvgIpc) is 3.50. The number of hydrogen-bond donors (Lipinski definition) is 3. The number of benzene rings is 1. The number of hydrogen-bond acceptors (Lipinski definition) is 8. The third-order valence-electron chi connectivity index (χ3n) is 7.63. The molecule has 3 N–H and O–H groups in total. The zero-order valence-electron chi connectivity index (χ0n) is 21.3. The van der Waals surface area contributed by atoms with Gasteiger partial charge in [0.15, 0.2) is 5.82 Å². The number of nitrogens with zero attached hydrogens (tertiary/aromatic N) is 7. The van der Waals surface area contributed by atoms with Crippen molar-refractivity contribution in [2.75, 3.05) is 17.2 Å². The standard InChI is InChI=1S/C27H32N10/c1-17-11-25(35-34-17)32-26-23-8-7-18(19-15-29-36(2)16-19)12-24(23)31-27(33-26)30-20-13-21-5-3-6-22(14-20)37(21)10-4-9-28/h7-8,11-12,15-16,20-22H,3-6,10,13-14H2,1-2H3,(H3,30,31,32,33,34,35). The molecule has 0 saturated carbocycles. The van der Waals surface area contributed by atoms with Crippen LogP contribution in [0.4, 0.5) is 17.6 Å². The highest BCUT2D eigenvalue weighted by Crippen LogP contribution is 2.36. The number of anilines is 3. The number of H-pyrrole nitrogens is 1. The van der Waals surface area contributed by atoms with Gasteiger partial charge in [-0.2, -0.15) is 20.4 Å². The molecule has 3 aromatic heterocycles. The lowest BCUT2D eigenvalue weighted by Gasteiger charge is -2.48. The molecule has 2 bridgehead atoms. The molecule has 190 valence electrons. The highest BCUT2D eigenvalue weighted by Gasteiger charge is 2.38. The fraction of sp³-hybridized carbons (Fsp3) is 0.444. The Morgan fingerprint density at radius 1 is 1.14 bits per heavy atom. The van der Waals surface area contributed by atoms with Crippen LogP contribution in [0.15, 0.2) is 36.7 Å². The summed E-state index contributed by atoms with van der Waals surface area (Å²) in [5.41, 5.74) is 3.95. The van der Waals surface area contributed by atoms with E-state index in [9.17, 15) is 0 Å². The lowest BCUT2D eigenvalue weighted by molar-refractivity contribution is 0.0369. The first kappa shape index (κ1) is 23.4. The molecule has 6 rings (SSSR count). The first-order valence-electron chi connectivity index (χ1n) is 13.0. The molecule has 2 aliphatic heterocycles. The Morgan fingerprint density at radius 2 is 1.97 bits per heavy atom. The Morgan fingerprint density at radius 3 is 2.68 bits per heavy atom. The van der Waals surface area contributed by atoms with Crippen LogP contribution in [0.5, 0.6) is 0 Å². The van der Waals surface area contributed by atoms with Gasteiger partial charge < -0.3 is 10.6 Å². The Balaban J connectivity index is 1.32. The summed E-state index contributed by atoms with van der Waals surface area (Å²) >= 11 is 0. The highest BCUT2D eigenvalue weighted by atomic mass is 15.3. The summed E-state index contributed by atoms with van der Waals surface area (Å²) < 4.78 is 1.80. The molecular weight excluding hydrogens is 464 g/mol. The van der Waals surface area contributed by atoms with E-state index in [-0.39, 0.29) is 0 Å². The summed E-state index contributed by atoms with van der Waals surface area (Å²) in [6.45, 7) is 2.85. The topological polar surface area (TPSA) is 123 Å². The summed E-state index contributed by atoms with van der Waals surface area (Å²) in [5.74, 6) is 2.07. The molecule has 0 spiro atoms. The van der Waals surface area contributed by atoms with E-state index < -0.39 is 0 Å². The normalized spacial score (nSPS) is 21.6. The van der Waals surface area contributed by atoms with E-state index in [1.165, 1.54) is 19.3 Å². The van der Waals surface area contributed by atoms with Crippen LogP contribution in [0, 0.1) is 18.3 Å². The molecule has 2 aliphatic rings. The quantitative estimate of drug-likeness (QED) is 0.341. The van der Waals surface area contributed by atoms with Crippen LogP contribution in [0.3, 0.4) is 0 Å². The predicted octanol–water partition coefficient (Wildman–Crippen LogP) is 4.52. The summed E-state index contributed by atoms with van der Waals surface area (Å²) in [6.07, 6.45) is 10.2. The second kappa shape index (κ2) is 9.82. The van der Waals surface area contributed by atoms with Gasteiger partial charge >= 0.3 is 0 Å². The molecule has 10 heteroatoms. The van der Waals surface area contributed by atoms with Crippen LogP contribution in [-0.2, 0) is 7.05 Å². The van der Waals surface area contributed by atoms with Crippen molar-refractivity contribution in [2.45, 2.75) is 63.6 Å². The molecule has 0 amide bonds. The van der Waals surface area contributed by atoms with Crippen molar-refractivity contribution in [1.29, 1.82) is 5.26 Å². The van der Waals surface area contributed by atoms with E-state index in [2.05, 4.69) is 55.1 Å². The zero-order chi connectivity index (χ0) is 25.4. The first-order chi connectivity index (χ1) is 18.1. The van der Waals surface area contributed by atoms with Gasteiger partial charge in [-0.15, -0.1) is 0 Å². The lowest BCUT2D eigenvalue weighted by atomic mass is 9.81. The molecular formula is C27H32N10. The van der Waals surface area contributed by atoms with Crippen LogP contribution in [0.2, 0.25) is 0 Å². The van der Waals surface area contributed by atoms with Crippen molar-refractivity contribution in [3.8, 4) is 17.2 Å². The number of aromatic nitrogens is 6. The second-order valence-corrected chi connectivity index (χ2v) is 10.3. The van der Waals surface area contributed by atoms with Crippen molar-refractivity contribution in [3.05, 3.63) is 42.4 Å². The number of nitrogens with one attached hydrogen (secondary N) is 3. The van der Waals surface area contributed by atoms with Gasteiger partial charge in [0.2, 0.25) is 5.95 Å². The number of aryl methyl sites for hydroxylation is 2. The minimum absolute atomic E-state index is 0.299. The Bertz CT molecular complexity index is 1430. The number of piperidine rings is 2. The van der Waals surface area contributed by atoms with Gasteiger partial charge in [-0.25, -0.2) is 4.98 Å². The van der Waals surface area contributed by atoms with Gasteiger partial charge in [0.1, 0.15) is 5.82 Å². The Hall–Kier alpha value is -3.97. The van der Waals surface area contributed by atoms with E-state index in [0.29, 0.717) is 30.5 Å². The smallest absolute Gasteiger partial charge is 0.225 e. The maximum atomic E-state index is 9.10. The summed E-state index contributed by atoms with van der Waals surface area (Å²) in [4.78, 5) is 12.4. The van der Waals surface area contributed by atoms with Crippen molar-refractivity contribution < 1.29 is 0 Å². The van der Waals surface area contributed by atoms with E-state index >= 15 is 0 Å². The van der Waals surface area contributed by atoms with Gasteiger partial charge in [0.25, 0.3) is 0 Å². The molecule has 2 saturated heterocycles. The molecule has 37 heavy (non-hydrogen) atoms. The molecule has 2 atom stereocenters. The fourth-order valence-corrected chi connectivity index (χ4v) is 5.97. The van der Waals surface area contributed by atoms with Crippen molar-refractivity contribution >= 4 is 28.5 Å². The fourth-order valence-electron chi connectivity index (χ4n) is 5.97. The van der Waals surface area contributed by atoms with Crippen LogP contribution in [-0.4, -0.2) is 59.5 Å². The lowest BCUT2D eigenvalue weighted by Crippen LogP contribution is -2.55. The van der Waals surface area contributed by atoms with Crippen molar-refractivity contribution in [3.63, 3.8) is 0 Å². The number of rotatable bonds is 7. The molecule has 0 radical (unpaired) electrons. The van der Waals surface area contributed by atoms with Crippen molar-refractivity contribution in [2.24, 2.45) is 7.05 Å². The third-order valence-corrected chi connectivity index (χ3v) is 7.63. The SMILES string of the molecule is Cc1cc(Nc2nc(NC3CC4CCCC(C3)N4CCC#N)nc3cc(-c4cnn(C)c4)ccc23)n[nH]1. The largest absolute Gasteiger partial charge is 0.351 e. The number of aromatic amines is 1. The molecule has 2 unspecified atom stereocenters. The summed E-state index contributed by atoms with van der Waals surface area (Å²) in [7, 11) is 1.92. The van der Waals surface area contributed by atoms with Crippen molar-refractivity contribution in [1.82, 2.24) is 34.8 Å². The molecule has 4 aromatic rings. The molecule has 0 aliphatic carbocycles. The molecule has 5 heterocycles. The van der Waals surface area contributed by atoms with Gasteiger partial charge in [0, 0.05) is 67.0 Å². The zero-order valence-corrected chi connectivity index (χ0v) is 21.3. The van der Waals surface area contributed by atoms with E-state index in [0.717, 1.165) is 58.7 Å². The van der Waals surface area contributed by atoms with Gasteiger partial charge in [0.05, 0.1) is 17.8 Å². The minimum Gasteiger partial charge on any atom is -0.351 e. The van der Waals surface area contributed by atoms with Crippen LogP contribution >= 0.6 is 0 Å². The second-order valence-electron chi connectivity index (χ2n) is 10.3. The van der Waals surface area contributed by atoms with Crippen LogP contribution in [0.1, 0.15) is 44.2 Å². The van der Waals surface area contributed by atoms with Crippen LogP contribution in [0.25, 0.3) is 22.0 Å². The molecule has 10 nitrogen and oxygen atoms in total. The summed E-state index contributed by atoms with van der Waals surface area (Å²) in [5, 5.41) is 28.7. The predicted molar refractivity (Wildman–Crippen MR) is 143 cm³/mol. The van der Waals surface area contributed by atoms with Crippen LogP contribution < -0.4 is 10.6 Å². The highest BCUT2D eigenvalue weighted by molar-refractivity contribution is 5.94. The van der Waals surface area contributed by atoms with Gasteiger partial charge in [-0.05, 0) is 50.3 Å². The number of fused-ring (bicyclic) bond motifs is 3. The summed E-state index contributed by atoms with van der Waals surface area (Å²) in [6, 6.07) is 11.8. The van der Waals surface area contributed by atoms with E-state index in [4.69, 9.17) is 15.2 Å². The third kappa shape index (κ3) is 4.87. The van der Waals surface area contributed by atoms with Gasteiger partial charge in [-0.1, -0.05) is 12.5 Å². The Kier molecular flexibility index (Phi) is 6.22. The average molecular weight is 497 g/mol. The maximum Gasteiger partial charge on any atom is 0.225 e. The van der Waals surface area contributed by atoms with Gasteiger partial charge in [-0.3, -0.25) is 14.7 Å². The maximum absolute atomic E-state index is 9.10. The monoisotopic (exact) mass is 496 g/mol. The molecule has 2 fully saturated rings. The number of nitriles is 1. The Labute approximate surface area is 216 Å². The van der Waals surface area contributed by atoms with E-state index in [1.807, 2.05) is 32.4 Å². The van der Waals surface area contributed by atoms with E-state index in [1.54, 1.807) is 4.68 Å².